The predicted molar refractivity (Wildman–Crippen MR) is 112 cm³/mol. The van der Waals surface area contributed by atoms with Crippen molar-refractivity contribution in [3.63, 3.8) is 0 Å². The zero-order valence-electron chi connectivity index (χ0n) is 17.1. The van der Waals surface area contributed by atoms with Gasteiger partial charge >= 0.3 is 0 Å². The average molecular weight is 417 g/mol. The first-order valence-corrected chi connectivity index (χ1v) is 11.5. The van der Waals surface area contributed by atoms with E-state index in [-0.39, 0.29) is 12.0 Å². The minimum absolute atomic E-state index is 0.0581. The molecule has 4 rings (SSSR count). The molecule has 0 radical (unpaired) electrons. The fraction of sp³-hybridized carbons (Fsp3) is 0.545. The number of carbonyl (C=O) groups is 1. The Kier molecular flexibility index (Phi) is 5.88. The van der Waals surface area contributed by atoms with Crippen molar-refractivity contribution in [3.05, 3.63) is 47.2 Å². The number of likely N-dealkylation sites (tertiary alicyclic amines) is 1. The molecule has 156 valence electrons. The van der Waals surface area contributed by atoms with Crippen LogP contribution in [0, 0.1) is 25.7 Å². The maximum atomic E-state index is 12.9. The number of carbonyl (C=O) groups excluding carboxylic acids is 1. The Morgan fingerprint density at radius 1 is 1.24 bits per heavy atom. The number of ether oxygens (including phenoxy) is 1. The van der Waals surface area contributed by atoms with Gasteiger partial charge in [0, 0.05) is 18.8 Å². The van der Waals surface area contributed by atoms with Crippen LogP contribution in [-0.2, 0) is 5.75 Å². The van der Waals surface area contributed by atoms with Crippen LogP contribution in [-0.4, -0.2) is 52.5 Å². The molecule has 29 heavy (non-hydrogen) atoms. The van der Waals surface area contributed by atoms with Crippen molar-refractivity contribution in [2.24, 2.45) is 11.8 Å². The Balaban J connectivity index is 1.41. The second-order valence-electron chi connectivity index (χ2n) is 8.16. The van der Waals surface area contributed by atoms with E-state index in [0.717, 1.165) is 35.1 Å². The summed E-state index contributed by atoms with van der Waals surface area (Å²) in [4.78, 5) is 19.2. The highest BCUT2D eigenvalue weighted by Gasteiger charge is 2.44. The van der Waals surface area contributed by atoms with Gasteiger partial charge in [0.2, 0.25) is 0 Å². The van der Waals surface area contributed by atoms with Gasteiger partial charge in [-0.2, -0.15) is 11.8 Å². The SMILES string of the molecule is CSCc1ccc(C(=O)N2C[C@H]3C[C@@H](Oc4ccc(C)nc4C)[C@H](O)C[C@H]3C2)o1. The summed E-state index contributed by atoms with van der Waals surface area (Å²) in [6.07, 6.45) is 2.58. The van der Waals surface area contributed by atoms with Crippen molar-refractivity contribution in [2.45, 2.75) is 44.6 Å². The molecule has 7 heteroatoms. The highest BCUT2D eigenvalue weighted by Crippen LogP contribution is 2.38. The van der Waals surface area contributed by atoms with E-state index in [4.69, 9.17) is 9.15 Å². The second-order valence-corrected chi connectivity index (χ2v) is 9.03. The largest absolute Gasteiger partial charge is 0.486 e. The monoisotopic (exact) mass is 416 g/mol. The smallest absolute Gasteiger partial charge is 0.289 e. The third kappa shape index (κ3) is 4.31. The first-order valence-electron chi connectivity index (χ1n) is 10.1. The quantitative estimate of drug-likeness (QED) is 0.805. The van der Waals surface area contributed by atoms with E-state index in [0.29, 0.717) is 37.1 Å². The van der Waals surface area contributed by atoms with Gasteiger partial charge in [-0.25, -0.2) is 0 Å². The Morgan fingerprint density at radius 2 is 2.00 bits per heavy atom. The molecule has 2 aromatic heterocycles. The summed E-state index contributed by atoms with van der Waals surface area (Å²) in [5.74, 6) is 3.28. The van der Waals surface area contributed by atoms with E-state index in [1.165, 1.54) is 0 Å². The molecule has 1 aliphatic heterocycles. The number of aryl methyl sites for hydroxylation is 2. The number of rotatable bonds is 5. The summed E-state index contributed by atoms with van der Waals surface area (Å²) in [6.45, 7) is 5.21. The molecular formula is C22H28N2O4S. The number of aliphatic hydroxyl groups excluding tert-OH is 1. The topological polar surface area (TPSA) is 75.8 Å². The van der Waals surface area contributed by atoms with Gasteiger partial charge in [0.1, 0.15) is 17.6 Å². The van der Waals surface area contributed by atoms with Crippen LogP contribution < -0.4 is 4.74 Å². The van der Waals surface area contributed by atoms with Crippen LogP contribution in [0.1, 0.15) is 40.5 Å². The summed E-state index contributed by atoms with van der Waals surface area (Å²) >= 11 is 1.67. The molecule has 1 saturated heterocycles. The number of hydrogen-bond donors (Lipinski definition) is 1. The highest BCUT2D eigenvalue weighted by atomic mass is 32.2. The molecule has 0 spiro atoms. The number of aliphatic hydroxyl groups is 1. The number of thioether (sulfide) groups is 1. The van der Waals surface area contributed by atoms with Crippen LogP contribution in [0.25, 0.3) is 0 Å². The van der Waals surface area contributed by atoms with Gasteiger partial charge < -0.3 is 19.2 Å². The van der Waals surface area contributed by atoms with E-state index >= 15 is 0 Å². The predicted octanol–water partition coefficient (Wildman–Crippen LogP) is 3.44. The number of nitrogens with zero attached hydrogens (tertiary/aromatic N) is 2. The number of aromatic nitrogens is 1. The minimum Gasteiger partial charge on any atom is -0.486 e. The van der Waals surface area contributed by atoms with Gasteiger partial charge in [-0.15, -0.1) is 0 Å². The lowest BCUT2D eigenvalue weighted by Crippen LogP contribution is -2.42. The molecular weight excluding hydrogens is 388 g/mol. The molecule has 1 saturated carbocycles. The maximum absolute atomic E-state index is 12.9. The van der Waals surface area contributed by atoms with Crippen molar-refractivity contribution < 1.29 is 19.1 Å². The zero-order valence-corrected chi connectivity index (χ0v) is 17.9. The molecule has 2 aromatic rings. The van der Waals surface area contributed by atoms with Gasteiger partial charge in [0.15, 0.2) is 5.76 Å². The molecule has 0 aromatic carbocycles. The molecule has 4 atom stereocenters. The molecule has 2 aliphatic rings. The summed E-state index contributed by atoms with van der Waals surface area (Å²) in [5, 5.41) is 10.7. The fourth-order valence-corrected chi connectivity index (χ4v) is 4.95. The van der Waals surface area contributed by atoms with Crippen LogP contribution in [0.5, 0.6) is 5.75 Å². The van der Waals surface area contributed by atoms with Gasteiger partial charge in [-0.3, -0.25) is 9.78 Å². The summed E-state index contributed by atoms with van der Waals surface area (Å²) in [5.41, 5.74) is 1.78. The molecule has 1 aliphatic carbocycles. The van der Waals surface area contributed by atoms with Crippen LogP contribution in [0.4, 0.5) is 0 Å². The van der Waals surface area contributed by atoms with Crippen molar-refractivity contribution in [1.82, 2.24) is 9.88 Å². The Labute approximate surface area is 175 Å². The number of hydrogen-bond acceptors (Lipinski definition) is 6. The third-order valence-electron chi connectivity index (χ3n) is 5.99. The van der Waals surface area contributed by atoms with Crippen molar-refractivity contribution in [2.75, 3.05) is 19.3 Å². The number of pyridine rings is 1. The van der Waals surface area contributed by atoms with Gasteiger partial charge in [-0.05, 0) is 69.0 Å². The van der Waals surface area contributed by atoms with Gasteiger partial charge in [0.25, 0.3) is 5.91 Å². The van der Waals surface area contributed by atoms with E-state index in [9.17, 15) is 9.90 Å². The lowest BCUT2D eigenvalue weighted by atomic mass is 9.78. The minimum atomic E-state index is -0.538. The number of furan rings is 1. The Hall–Kier alpha value is -1.99. The first-order chi connectivity index (χ1) is 13.9. The lowest BCUT2D eigenvalue weighted by Gasteiger charge is -2.35. The molecule has 1 N–H and O–H groups in total. The maximum Gasteiger partial charge on any atom is 0.289 e. The van der Waals surface area contributed by atoms with Crippen LogP contribution in [0.15, 0.2) is 28.7 Å². The van der Waals surface area contributed by atoms with Crippen LogP contribution in [0.2, 0.25) is 0 Å². The van der Waals surface area contributed by atoms with E-state index in [2.05, 4.69) is 4.98 Å². The van der Waals surface area contributed by atoms with Crippen LogP contribution >= 0.6 is 11.8 Å². The lowest BCUT2D eigenvalue weighted by molar-refractivity contribution is -0.0236. The fourth-order valence-electron chi connectivity index (χ4n) is 4.51. The number of fused-ring (bicyclic) bond motifs is 1. The van der Waals surface area contributed by atoms with Crippen molar-refractivity contribution in [3.8, 4) is 5.75 Å². The van der Waals surface area contributed by atoms with Crippen molar-refractivity contribution in [1.29, 1.82) is 0 Å². The first kappa shape index (κ1) is 20.3. The molecule has 6 nitrogen and oxygen atoms in total. The standard InChI is InChI=1S/C22H28N2O4S/c1-13-4-6-19(14(2)23-13)28-21-9-16-11-24(10-15(16)8-18(21)25)22(26)20-7-5-17(27-20)12-29-3/h4-7,15-16,18,21,25H,8-12H2,1-3H3/t15-,16+,18+,21+/m0/s1. The second kappa shape index (κ2) is 8.40. The summed E-state index contributed by atoms with van der Waals surface area (Å²) < 4.78 is 11.8. The third-order valence-corrected chi connectivity index (χ3v) is 6.56. The summed E-state index contributed by atoms with van der Waals surface area (Å²) in [7, 11) is 0. The highest BCUT2D eigenvalue weighted by molar-refractivity contribution is 7.97. The average Bonchev–Trinajstić information content (AvgIpc) is 3.31. The van der Waals surface area contributed by atoms with Crippen LogP contribution in [0.3, 0.4) is 0 Å². The number of amides is 1. The Bertz CT molecular complexity index is 883. The summed E-state index contributed by atoms with van der Waals surface area (Å²) in [6, 6.07) is 7.48. The molecule has 0 bridgehead atoms. The van der Waals surface area contributed by atoms with E-state index in [1.807, 2.05) is 43.2 Å². The molecule has 3 heterocycles. The molecule has 0 unspecified atom stereocenters. The van der Waals surface area contributed by atoms with Gasteiger partial charge in [-0.1, -0.05) is 0 Å². The Morgan fingerprint density at radius 3 is 2.72 bits per heavy atom. The normalized spacial score (nSPS) is 26.4. The molecule has 2 fully saturated rings. The van der Waals surface area contributed by atoms with Gasteiger partial charge in [0.05, 0.1) is 17.6 Å². The van der Waals surface area contributed by atoms with E-state index < -0.39 is 6.10 Å². The van der Waals surface area contributed by atoms with Crippen molar-refractivity contribution >= 4 is 17.7 Å². The molecule has 1 amide bonds. The zero-order chi connectivity index (χ0) is 20.5. The van der Waals surface area contributed by atoms with E-state index in [1.54, 1.807) is 17.8 Å².